The molecule has 5 rings (SSSR count). The summed E-state index contributed by atoms with van der Waals surface area (Å²) < 4.78 is 19.1. The molecule has 1 aliphatic carbocycles. The fourth-order valence-corrected chi connectivity index (χ4v) is 6.47. The van der Waals surface area contributed by atoms with Crippen molar-refractivity contribution in [3.05, 3.63) is 41.3 Å². The van der Waals surface area contributed by atoms with Crippen molar-refractivity contribution in [1.29, 1.82) is 0 Å². The number of hydrogen-bond donors (Lipinski definition) is 1. The summed E-state index contributed by atoms with van der Waals surface area (Å²) >= 11 is 7.61. The summed E-state index contributed by atoms with van der Waals surface area (Å²) in [4.78, 5) is 45.8. The third kappa shape index (κ3) is 4.48. The van der Waals surface area contributed by atoms with Crippen molar-refractivity contribution in [2.24, 2.45) is 5.92 Å². The zero-order valence-electron chi connectivity index (χ0n) is 18.4. The van der Waals surface area contributed by atoms with E-state index in [1.807, 2.05) is 0 Å². The predicted octanol–water partition coefficient (Wildman–Crippen LogP) is 3.41. The van der Waals surface area contributed by atoms with Crippen molar-refractivity contribution < 1.29 is 23.5 Å². The molecule has 10 heteroatoms. The molecule has 0 radical (unpaired) electrons. The molecule has 0 unspecified atom stereocenters. The number of nitrogens with zero attached hydrogens (tertiary/aromatic N) is 2. The van der Waals surface area contributed by atoms with E-state index in [1.54, 1.807) is 12.1 Å². The van der Waals surface area contributed by atoms with Gasteiger partial charge in [-0.15, -0.1) is 22.9 Å². The van der Waals surface area contributed by atoms with E-state index in [2.05, 4.69) is 10.3 Å². The van der Waals surface area contributed by atoms with Gasteiger partial charge in [0.05, 0.1) is 16.5 Å². The van der Waals surface area contributed by atoms with Crippen LogP contribution >= 0.6 is 22.9 Å². The van der Waals surface area contributed by atoms with Crippen molar-refractivity contribution >= 4 is 40.5 Å². The lowest BCUT2D eigenvalue weighted by molar-refractivity contribution is -0.139. The molecule has 2 aromatic rings. The molecule has 4 heterocycles. The van der Waals surface area contributed by atoms with E-state index in [-0.39, 0.29) is 36.7 Å². The average Bonchev–Trinajstić information content (AvgIpc) is 3.56. The van der Waals surface area contributed by atoms with E-state index in [9.17, 15) is 18.8 Å². The Bertz CT molecular complexity index is 1110. The van der Waals surface area contributed by atoms with Gasteiger partial charge in [-0.05, 0) is 37.0 Å². The Morgan fingerprint density at radius 1 is 1.24 bits per heavy atom. The molecule has 2 aliphatic heterocycles. The van der Waals surface area contributed by atoms with Crippen molar-refractivity contribution in [2.75, 3.05) is 13.2 Å². The summed E-state index contributed by atoms with van der Waals surface area (Å²) in [6.07, 6.45) is 6.92. The van der Waals surface area contributed by atoms with Gasteiger partial charge in [0.15, 0.2) is 5.78 Å². The SMILES string of the molecule is O=C(N[C@H](C(=O)N1C[C@H](Cl)[C@H]2OCC(=O)[C@H]21)C1CCCCC1)c1ccc(-c2cncc(F)c2)s1. The Morgan fingerprint density at radius 3 is 2.79 bits per heavy atom. The molecule has 0 bridgehead atoms. The topological polar surface area (TPSA) is 88.6 Å². The van der Waals surface area contributed by atoms with Gasteiger partial charge >= 0.3 is 0 Å². The van der Waals surface area contributed by atoms with Crippen molar-refractivity contribution in [1.82, 2.24) is 15.2 Å². The maximum Gasteiger partial charge on any atom is 0.262 e. The van der Waals surface area contributed by atoms with Gasteiger partial charge in [-0.25, -0.2) is 4.39 Å². The van der Waals surface area contributed by atoms with Crippen LogP contribution in [-0.2, 0) is 14.3 Å². The standard InChI is InChI=1S/C24H25ClFN3O4S/c25-16-11-29(21-17(30)12-33-22(16)21)24(32)20(13-4-2-1-3-5-13)28-23(31)19-7-6-18(34-19)14-8-15(26)10-27-9-14/h6-10,13,16,20-22H,1-5,11-12H2,(H,28,31)/t16-,20-,21+,22+/m0/s1. The maximum absolute atomic E-state index is 13.7. The Kier molecular flexibility index (Phi) is 6.68. The number of amides is 2. The van der Waals surface area contributed by atoms with Crippen LogP contribution in [0.1, 0.15) is 41.8 Å². The van der Waals surface area contributed by atoms with Crippen LogP contribution in [0.5, 0.6) is 0 Å². The number of thiophene rings is 1. The van der Waals surface area contributed by atoms with Gasteiger partial charge in [0.25, 0.3) is 5.91 Å². The number of halogens is 2. The highest BCUT2D eigenvalue weighted by Crippen LogP contribution is 2.34. The number of rotatable bonds is 5. The number of nitrogens with one attached hydrogen (secondary N) is 1. The number of hydrogen-bond acceptors (Lipinski definition) is 6. The first-order valence-electron chi connectivity index (χ1n) is 11.5. The van der Waals surface area contributed by atoms with Crippen LogP contribution in [0.15, 0.2) is 30.6 Å². The quantitative estimate of drug-likeness (QED) is 0.629. The molecule has 2 aromatic heterocycles. The summed E-state index contributed by atoms with van der Waals surface area (Å²) in [5.41, 5.74) is 0.583. The fraction of sp³-hybridized carbons (Fsp3) is 0.500. The fourth-order valence-electron chi connectivity index (χ4n) is 5.23. The zero-order valence-corrected chi connectivity index (χ0v) is 20.0. The highest BCUT2D eigenvalue weighted by molar-refractivity contribution is 7.17. The van der Waals surface area contributed by atoms with Gasteiger partial charge in [0.1, 0.15) is 30.6 Å². The first kappa shape index (κ1) is 23.4. The monoisotopic (exact) mass is 505 g/mol. The molecule has 4 atom stereocenters. The molecule has 7 nitrogen and oxygen atoms in total. The van der Waals surface area contributed by atoms with Gasteiger partial charge in [-0.2, -0.15) is 0 Å². The molecule has 1 saturated carbocycles. The number of alkyl halides is 1. The number of Topliss-reactive ketones (excluding diaryl/α,β-unsaturated/α-hetero) is 1. The van der Waals surface area contributed by atoms with Crippen LogP contribution in [-0.4, -0.2) is 64.2 Å². The minimum atomic E-state index is -0.745. The van der Waals surface area contributed by atoms with E-state index < -0.39 is 29.4 Å². The third-order valence-electron chi connectivity index (χ3n) is 6.90. The number of pyridine rings is 1. The van der Waals surface area contributed by atoms with E-state index in [0.29, 0.717) is 15.3 Å². The molecule has 2 amide bonds. The third-order valence-corrected chi connectivity index (χ3v) is 8.42. The molecule has 0 aromatic carbocycles. The summed E-state index contributed by atoms with van der Waals surface area (Å²) in [7, 11) is 0. The Labute approximate surface area is 205 Å². The normalized spacial score (nSPS) is 25.9. The zero-order chi connectivity index (χ0) is 23.8. The van der Waals surface area contributed by atoms with Crippen LogP contribution < -0.4 is 5.32 Å². The minimum Gasteiger partial charge on any atom is -0.366 e. The Hall–Kier alpha value is -2.36. The van der Waals surface area contributed by atoms with Gasteiger partial charge in [-0.1, -0.05) is 19.3 Å². The van der Waals surface area contributed by atoms with Crippen LogP contribution in [0.2, 0.25) is 0 Å². The number of fused-ring (bicyclic) bond motifs is 1. The van der Waals surface area contributed by atoms with Crippen LogP contribution in [0.25, 0.3) is 10.4 Å². The Morgan fingerprint density at radius 2 is 2.03 bits per heavy atom. The highest BCUT2D eigenvalue weighted by Gasteiger charge is 2.53. The number of carbonyl (C=O) groups excluding carboxylic acids is 3. The van der Waals surface area contributed by atoms with Gasteiger partial charge in [0.2, 0.25) is 5.91 Å². The van der Waals surface area contributed by atoms with E-state index >= 15 is 0 Å². The highest BCUT2D eigenvalue weighted by atomic mass is 35.5. The van der Waals surface area contributed by atoms with E-state index in [1.165, 1.54) is 28.5 Å². The van der Waals surface area contributed by atoms with Crippen molar-refractivity contribution in [3.63, 3.8) is 0 Å². The van der Waals surface area contributed by atoms with Gasteiger partial charge in [-0.3, -0.25) is 19.4 Å². The largest absolute Gasteiger partial charge is 0.366 e. The van der Waals surface area contributed by atoms with Gasteiger partial charge < -0.3 is 15.0 Å². The number of likely N-dealkylation sites (tertiary alicyclic amines) is 1. The number of ketones is 1. The molecule has 1 N–H and O–H groups in total. The summed E-state index contributed by atoms with van der Waals surface area (Å²) in [5, 5.41) is 2.51. The minimum absolute atomic E-state index is 0.0118. The predicted molar refractivity (Wildman–Crippen MR) is 125 cm³/mol. The van der Waals surface area contributed by atoms with Crippen LogP contribution in [0.3, 0.4) is 0 Å². The molecular formula is C24H25ClFN3O4S. The molecule has 0 spiro atoms. The summed E-state index contributed by atoms with van der Waals surface area (Å²) in [5.74, 6) is -1.25. The number of ether oxygens (including phenoxy) is 1. The molecule has 3 fully saturated rings. The van der Waals surface area contributed by atoms with Crippen molar-refractivity contribution in [2.45, 2.75) is 55.7 Å². The Balaban J connectivity index is 1.37. The average molecular weight is 506 g/mol. The summed E-state index contributed by atoms with van der Waals surface area (Å²) in [6.45, 7) is 0.173. The second-order valence-corrected chi connectivity index (χ2v) is 10.7. The lowest BCUT2D eigenvalue weighted by Crippen LogP contribution is -2.55. The molecule has 34 heavy (non-hydrogen) atoms. The molecule has 3 aliphatic rings. The van der Waals surface area contributed by atoms with Crippen molar-refractivity contribution in [3.8, 4) is 10.4 Å². The van der Waals surface area contributed by atoms with E-state index in [4.69, 9.17) is 16.3 Å². The first-order valence-corrected chi connectivity index (χ1v) is 12.8. The molecular weight excluding hydrogens is 481 g/mol. The second kappa shape index (κ2) is 9.71. The lowest BCUT2D eigenvalue weighted by Gasteiger charge is -2.34. The van der Waals surface area contributed by atoms with Crippen LogP contribution in [0.4, 0.5) is 4.39 Å². The van der Waals surface area contributed by atoms with E-state index in [0.717, 1.165) is 38.3 Å². The molecule has 180 valence electrons. The lowest BCUT2D eigenvalue weighted by atomic mass is 9.83. The summed E-state index contributed by atoms with van der Waals surface area (Å²) in [6, 6.07) is 3.34. The van der Waals surface area contributed by atoms with Gasteiger partial charge in [0, 0.05) is 23.2 Å². The van der Waals surface area contributed by atoms with Crippen LogP contribution in [0, 0.1) is 11.7 Å². The maximum atomic E-state index is 13.7. The second-order valence-electron chi connectivity index (χ2n) is 9.10. The smallest absolute Gasteiger partial charge is 0.262 e. The first-order chi connectivity index (χ1) is 16.4. The number of aromatic nitrogens is 1. The molecule has 2 saturated heterocycles. The number of carbonyl (C=O) groups is 3.